The highest BCUT2D eigenvalue weighted by molar-refractivity contribution is 5.47. The van der Waals surface area contributed by atoms with E-state index in [2.05, 4.69) is 57.3 Å². The lowest BCUT2D eigenvalue weighted by molar-refractivity contribution is 0.593. The molecular formula is C16H27N. The summed E-state index contributed by atoms with van der Waals surface area (Å²) in [5.41, 5.74) is 2.69. The molecule has 1 nitrogen and oxygen atoms in total. The zero-order valence-corrected chi connectivity index (χ0v) is 11.8. The molecule has 0 heterocycles. The summed E-state index contributed by atoms with van der Waals surface area (Å²) < 4.78 is 0. The zero-order chi connectivity index (χ0) is 12.7. The third-order valence-electron chi connectivity index (χ3n) is 3.32. The Balaban J connectivity index is 2.62. The van der Waals surface area contributed by atoms with Crippen molar-refractivity contribution in [1.82, 2.24) is 0 Å². The van der Waals surface area contributed by atoms with Crippen LogP contribution in [-0.2, 0) is 0 Å². The maximum absolute atomic E-state index is 3.66. The molecule has 0 saturated heterocycles. The first kappa shape index (κ1) is 14.1. The Kier molecular flexibility index (Phi) is 6.10. The van der Waals surface area contributed by atoms with Gasteiger partial charge in [0.05, 0.1) is 0 Å². The van der Waals surface area contributed by atoms with Gasteiger partial charge in [-0.05, 0) is 36.5 Å². The molecule has 0 aliphatic carbocycles. The minimum Gasteiger partial charge on any atom is -0.382 e. The second-order valence-corrected chi connectivity index (χ2v) is 5.17. The largest absolute Gasteiger partial charge is 0.382 e. The molecule has 0 saturated carbocycles. The van der Waals surface area contributed by atoms with Gasteiger partial charge in [0.1, 0.15) is 0 Å². The van der Waals surface area contributed by atoms with E-state index >= 15 is 0 Å². The fourth-order valence-electron chi connectivity index (χ4n) is 2.05. The highest BCUT2D eigenvalue weighted by atomic mass is 14.9. The SMILES string of the molecule is CCCCC(CC)Nc1cccc(C(C)C)c1. The van der Waals surface area contributed by atoms with Crippen molar-refractivity contribution < 1.29 is 0 Å². The highest BCUT2D eigenvalue weighted by Gasteiger charge is 2.06. The molecule has 0 bridgehead atoms. The van der Waals surface area contributed by atoms with E-state index in [1.807, 2.05) is 0 Å². The maximum Gasteiger partial charge on any atom is 0.0345 e. The molecule has 96 valence electrons. The lowest BCUT2D eigenvalue weighted by Crippen LogP contribution is -2.18. The van der Waals surface area contributed by atoms with E-state index < -0.39 is 0 Å². The Morgan fingerprint density at radius 1 is 1.18 bits per heavy atom. The summed E-state index contributed by atoms with van der Waals surface area (Å²) in [6, 6.07) is 9.46. The van der Waals surface area contributed by atoms with Crippen molar-refractivity contribution in [2.75, 3.05) is 5.32 Å². The van der Waals surface area contributed by atoms with Crippen LogP contribution in [0, 0.1) is 0 Å². The van der Waals surface area contributed by atoms with Gasteiger partial charge in [0, 0.05) is 11.7 Å². The van der Waals surface area contributed by atoms with Crippen molar-refractivity contribution in [3.05, 3.63) is 29.8 Å². The average molecular weight is 233 g/mol. The first-order chi connectivity index (χ1) is 8.17. The molecule has 0 fully saturated rings. The highest BCUT2D eigenvalue weighted by Crippen LogP contribution is 2.20. The Morgan fingerprint density at radius 3 is 2.53 bits per heavy atom. The van der Waals surface area contributed by atoms with Crippen LogP contribution in [0.5, 0.6) is 0 Å². The van der Waals surface area contributed by atoms with E-state index in [-0.39, 0.29) is 0 Å². The summed E-state index contributed by atoms with van der Waals surface area (Å²) >= 11 is 0. The summed E-state index contributed by atoms with van der Waals surface area (Å²) in [6.07, 6.45) is 5.07. The Hall–Kier alpha value is -0.980. The van der Waals surface area contributed by atoms with Crippen LogP contribution in [0.4, 0.5) is 5.69 Å². The topological polar surface area (TPSA) is 12.0 Å². The van der Waals surface area contributed by atoms with Gasteiger partial charge in [-0.3, -0.25) is 0 Å². The van der Waals surface area contributed by atoms with Gasteiger partial charge in [-0.2, -0.15) is 0 Å². The van der Waals surface area contributed by atoms with E-state index in [0.29, 0.717) is 12.0 Å². The van der Waals surface area contributed by atoms with Gasteiger partial charge in [-0.1, -0.05) is 52.7 Å². The third-order valence-corrected chi connectivity index (χ3v) is 3.32. The van der Waals surface area contributed by atoms with Crippen molar-refractivity contribution in [2.24, 2.45) is 0 Å². The van der Waals surface area contributed by atoms with Crippen molar-refractivity contribution >= 4 is 5.69 Å². The predicted octanol–water partition coefficient (Wildman–Crippen LogP) is 5.19. The van der Waals surface area contributed by atoms with Gasteiger partial charge in [-0.15, -0.1) is 0 Å². The van der Waals surface area contributed by atoms with Crippen LogP contribution >= 0.6 is 0 Å². The van der Waals surface area contributed by atoms with E-state index in [4.69, 9.17) is 0 Å². The van der Waals surface area contributed by atoms with Gasteiger partial charge in [-0.25, -0.2) is 0 Å². The first-order valence-electron chi connectivity index (χ1n) is 7.03. The molecule has 1 aromatic carbocycles. The molecule has 0 amide bonds. The fourth-order valence-corrected chi connectivity index (χ4v) is 2.05. The number of hydrogen-bond acceptors (Lipinski definition) is 1. The van der Waals surface area contributed by atoms with Gasteiger partial charge in [0.25, 0.3) is 0 Å². The summed E-state index contributed by atoms with van der Waals surface area (Å²) in [6.45, 7) is 9.01. The Bertz CT molecular complexity index is 317. The molecule has 1 rings (SSSR count). The predicted molar refractivity (Wildman–Crippen MR) is 77.8 cm³/mol. The summed E-state index contributed by atoms with van der Waals surface area (Å²) in [5.74, 6) is 0.604. The summed E-state index contributed by atoms with van der Waals surface area (Å²) in [5, 5.41) is 3.66. The molecule has 1 heteroatoms. The number of nitrogens with one attached hydrogen (secondary N) is 1. The molecule has 0 aromatic heterocycles. The van der Waals surface area contributed by atoms with Crippen LogP contribution in [0.25, 0.3) is 0 Å². The van der Waals surface area contributed by atoms with Crippen LogP contribution in [0.2, 0.25) is 0 Å². The minimum atomic E-state index is 0.604. The monoisotopic (exact) mass is 233 g/mol. The van der Waals surface area contributed by atoms with Crippen LogP contribution in [0.1, 0.15) is 64.9 Å². The molecule has 17 heavy (non-hydrogen) atoms. The fraction of sp³-hybridized carbons (Fsp3) is 0.625. The second-order valence-electron chi connectivity index (χ2n) is 5.17. The first-order valence-corrected chi connectivity index (χ1v) is 7.03. The van der Waals surface area contributed by atoms with E-state index in [0.717, 1.165) is 0 Å². The average Bonchev–Trinajstić information content (AvgIpc) is 2.34. The zero-order valence-electron chi connectivity index (χ0n) is 11.8. The number of benzene rings is 1. The number of unbranched alkanes of at least 4 members (excludes halogenated alkanes) is 1. The molecule has 1 N–H and O–H groups in total. The van der Waals surface area contributed by atoms with Crippen LogP contribution in [-0.4, -0.2) is 6.04 Å². The maximum atomic E-state index is 3.66. The van der Waals surface area contributed by atoms with E-state index in [1.54, 1.807) is 0 Å². The molecule has 1 unspecified atom stereocenters. The summed E-state index contributed by atoms with van der Waals surface area (Å²) in [4.78, 5) is 0. The summed E-state index contributed by atoms with van der Waals surface area (Å²) in [7, 11) is 0. The minimum absolute atomic E-state index is 0.604. The van der Waals surface area contributed by atoms with Crippen LogP contribution < -0.4 is 5.32 Å². The molecule has 0 aliphatic heterocycles. The third kappa shape index (κ3) is 4.80. The molecule has 0 radical (unpaired) electrons. The number of hydrogen-bond donors (Lipinski definition) is 1. The van der Waals surface area contributed by atoms with Crippen molar-refractivity contribution in [2.45, 2.75) is 65.3 Å². The standard InChI is InChI=1S/C16H27N/c1-5-7-10-15(6-2)17-16-11-8-9-14(12-16)13(3)4/h8-9,11-13,15,17H,5-7,10H2,1-4H3. The lowest BCUT2D eigenvalue weighted by Gasteiger charge is -2.19. The smallest absolute Gasteiger partial charge is 0.0345 e. The normalized spacial score (nSPS) is 12.8. The van der Waals surface area contributed by atoms with Crippen molar-refractivity contribution in [1.29, 1.82) is 0 Å². The number of anilines is 1. The van der Waals surface area contributed by atoms with Crippen LogP contribution in [0.15, 0.2) is 24.3 Å². The Morgan fingerprint density at radius 2 is 1.94 bits per heavy atom. The van der Waals surface area contributed by atoms with Crippen molar-refractivity contribution in [3.63, 3.8) is 0 Å². The van der Waals surface area contributed by atoms with Crippen LogP contribution in [0.3, 0.4) is 0 Å². The molecule has 0 aliphatic rings. The number of rotatable bonds is 7. The van der Waals surface area contributed by atoms with E-state index in [1.165, 1.54) is 36.9 Å². The van der Waals surface area contributed by atoms with Gasteiger partial charge in [0.2, 0.25) is 0 Å². The molecular weight excluding hydrogens is 206 g/mol. The molecule has 1 aromatic rings. The molecule has 1 atom stereocenters. The molecule has 0 spiro atoms. The van der Waals surface area contributed by atoms with Gasteiger partial charge in [0.15, 0.2) is 0 Å². The van der Waals surface area contributed by atoms with Gasteiger partial charge < -0.3 is 5.32 Å². The lowest BCUT2D eigenvalue weighted by atomic mass is 10.0. The van der Waals surface area contributed by atoms with Gasteiger partial charge >= 0.3 is 0 Å². The Labute approximate surface area is 107 Å². The van der Waals surface area contributed by atoms with E-state index in [9.17, 15) is 0 Å². The van der Waals surface area contributed by atoms with Crippen molar-refractivity contribution in [3.8, 4) is 0 Å². The second kappa shape index (κ2) is 7.37. The quantitative estimate of drug-likeness (QED) is 0.683.